The molecule has 1 heterocycles. The molecule has 3 rings (SSSR count). The van der Waals surface area contributed by atoms with Crippen LogP contribution in [-0.2, 0) is 16.1 Å². The van der Waals surface area contributed by atoms with Crippen molar-refractivity contribution < 1.29 is 14.7 Å². The molecule has 27 heavy (non-hydrogen) atoms. The lowest BCUT2D eigenvalue weighted by molar-refractivity contribution is -0.137. The lowest BCUT2D eigenvalue weighted by Crippen LogP contribution is -2.12. The van der Waals surface area contributed by atoms with Crippen LogP contribution in [0.4, 0.5) is 5.69 Å². The Kier molecular flexibility index (Phi) is 5.49. The molecule has 0 fully saturated rings. The molecule has 0 aliphatic carbocycles. The minimum absolute atomic E-state index is 0.00821. The zero-order valence-corrected chi connectivity index (χ0v) is 15.4. The van der Waals surface area contributed by atoms with Crippen LogP contribution in [0, 0.1) is 13.8 Å². The van der Waals surface area contributed by atoms with E-state index in [4.69, 9.17) is 5.11 Å². The molecule has 0 aliphatic heterocycles. The largest absolute Gasteiger partial charge is 0.481 e. The van der Waals surface area contributed by atoms with Gasteiger partial charge in [-0.25, -0.2) is 4.68 Å². The van der Waals surface area contributed by atoms with Gasteiger partial charge in [0.2, 0.25) is 5.91 Å². The minimum atomic E-state index is -0.893. The van der Waals surface area contributed by atoms with Crippen LogP contribution in [0.25, 0.3) is 11.0 Å². The number of carboxylic acids is 1. The lowest BCUT2D eigenvalue weighted by Gasteiger charge is -2.08. The maximum Gasteiger partial charge on any atom is 0.303 e. The van der Waals surface area contributed by atoms with Gasteiger partial charge in [-0.1, -0.05) is 17.3 Å². The van der Waals surface area contributed by atoms with Gasteiger partial charge < -0.3 is 10.4 Å². The standard InChI is InChI=1S/C20H22N4O3/c1-13-9-17-18(10-14(13)2)24(23-22-17)12-15-5-3-6-16(11-15)21-19(25)7-4-8-20(26)27/h3,5-6,9-11H,4,7-8,12H2,1-2H3,(H,21,25)(H,26,27). The fourth-order valence-corrected chi connectivity index (χ4v) is 2.88. The van der Waals surface area contributed by atoms with Gasteiger partial charge in [0.1, 0.15) is 5.52 Å². The highest BCUT2D eigenvalue weighted by Gasteiger charge is 2.09. The number of carbonyl (C=O) groups is 2. The molecule has 7 heteroatoms. The summed E-state index contributed by atoms with van der Waals surface area (Å²) in [4.78, 5) is 22.5. The molecule has 0 radical (unpaired) electrons. The number of rotatable bonds is 7. The number of hydrogen-bond donors (Lipinski definition) is 2. The molecule has 2 N–H and O–H groups in total. The predicted octanol–water partition coefficient (Wildman–Crippen LogP) is 3.29. The van der Waals surface area contributed by atoms with Crippen molar-refractivity contribution in [2.24, 2.45) is 0 Å². The number of nitrogens with zero attached hydrogens (tertiary/aromatic N) is 3. The number of benzene rings is 2. The molecule has 1 amide bonds. The molecule has 140 valence electrons. The van der Waals surface area contributed by atoms with Gasteiger partial charge in [0, 0.05) is 18.5 Å². The Hall–Kier alpha value is -3.22. The molecule has 0 bridgehead atoms. The summed E-state index contributed by atoms with van der Waals surface area (Å²) in [5.41, 5.74) is 5.88. The maximum atomic E-state index is 11.9. The van der Waals surface area contributed by atoms with E-state index in [0.29, 0.717) is 18.7 Å². The molecule has 0 saturated heterocycles. The number of nitrogens with one attached hydrogen (secondary N) is 1. The highest BCUT2D eigenvalue weighted by atomic mass is 16.4. The first-order chi connectivity index (χ1) is 12.9. The van der Waals surface area contributed by atoms with Crippen molar-refractivity contribution in [1.82, 2.24) is 15.0 Å². The second-order valence-electron chi connectivity index (χ2n) is 6.67. The van der Waals surface area contributed by atoms with E-state index in [1.165, 1.54) is 11.1 Å². The SMILES string of the molecule is Cc1cc2nnn(Cc3cccc(NC(=O)CCCC(=O)O)c3)c2cc1C. The third-order valence-electron chi connectivity index (χ3n) is 4.47. The normalized spacial score (nSPS) is 10.9. The highest BCUT2D eigenvalue weighted by molar-refractivity contribution is 5.91. The van der Waals surface area contributed by atoms with Gasteiger partial charge in [0.05, 0.1) is 12.1 Å². The van der Waals surface area contributed by atoms with Crippen molar-refractivity contribution >= 4 is 28.6 Å². The third kappa shape index (κ3) is 4.69. The molecule has 0 unspecified atom stereocenters. The third-order valence-corrected chi connectivity index (χ3v) is 4.47. The van der Waals surface area contributed by atoms with Crippen molar-refractivity contribution in [2.75, 3.05) is 5.32 Å². The zero-order chi connectivity index (χ0) is 19.4. The minimum Gasteiger partial charge on any atom is -0.481 e. The molecule has 3 aromatic rings. The summed E-state index contributed by atoms with van der Waals surface area (Å²) >= 11 is 0. The van der Waals surface area contributed by atoms with Crippen LogP contribution < -0.4 is 5.32 Å². The highest BCUT2D eigenvalue weighted by Crippen LogP contribution is 2.19. The van der Waals surface area contributed by atoms with Crippen molar-refractivity contribution in [1.29, 1.82) is 0 Å². The summed E-state index contributed by atoms with van der Waals surface area (Å²) in [5, 5.41) is 19.9. The quantitative estimate of drug-likeness (QED) is 0.669. The molecule has 1 aromatic heterocycles. The number of anilines is 1. The Morgan fingerprint density at radius 2 is 1.89 bits per heavy atom. The molecular formula is C20H22N4O3. The van der Waals surface area contributed by atoms with Crippen molar-refractivity contribution in [2.45, 2.75) is 39.7 Å². The van der Waals surface area contributed by atoms with E-state index in [2.05, 4.69) is 35.5 Å². The number of aliphatic carboxylic acids is 1. The monoisotopic (exact) mass is 366 g/mol. The van der Waals surface area contributed by atoms with E-state index in [1.807, 2.05) is 35.0 Å². The van der Waals surface area contributed by atoms with Crippen molar-refractivity contribution in [3.8, 4) is 0 Å². The number of aromatic nitrogens is 3. The average molecular weight is 366 g/mol. The van der Waals surface area contributed by atoms with Crippen LogP contribution in [-0.4, -0.2) is 32.0 Å². The molecular weight excluding hydrogens is 344 g/mol. The Morgan fingerprint density at radius 1 is 1.11 bits per heavy atom. The maximum absolute atomic E-state index is 11.9. The molecule has 0 spiro atoms. The van der Waals surface area contributed by atoms with Crippen LogP contribution in [0.5, 0.6) is 0 Å². The fourth-order valence-electron chi connectivity index (χ4n) is 2.88. The van der Waals surface area contributed by atoms with Crippen LogP contribution in [0.2, 0.25) is 0 Å². The van der Waals surface area contributed by atoms with Gasteiger partial charge in [-0.15, -0.1) is 5.10 Å². The Balaban J connectivity index is 1.70. The Bertz CT molecular complexity index is 994. The average Bonchev–Trinajstić information content (AvgIpc) is 2.97. The van der Waals surface area contributed by atoms with Gasteiger partial charge in [-0.2, -0.15) is 0 Å². The second-order valence-corrected chi connectivity index (χ2v) is 6.67. The molecule has 2 aromatic carbocycles. The number of aryl methyl sites for hydroxylation is 2. The van der Waals surface area contributed by atoms with E-state index >= 15 is 0 Å². The predicted molar refractivity (Wildman–Crippen MR) is 103 cm³/mol. The summed E-state index contributed by atoms with van der Waals surface area (Å²) in [6, 6.07) is 11.7. The van der Waals surface area contributed by atoms with Gasteiger partial charge in [-0.05, 0) is 61.2 Å². The van der Waals surface area contributed by atoms with E-state index in [1.54, 1.807) is 0 Å². The number of amides is 1. The summed E-state index contributed by atoms with van der Waals surface area (Å²) in [6.07, 6.45) is 0.499. The van der Waals surface area contributed by atoms with Crippen molar-refractivity contribution in [3.63, 3.8) is 0 Å². The van der Waals surface area contributed by atoms with Crippen LogP contribution in [0.1, 0.15) is 36.0 Å². The smallest absolute Gasteiger partial charge is 0.303 e. The van der Waals surface area contributed by atoms with Crippen molar-refractivity contribution in [3.05, 3.63) is 53.1 Å². The zero-order valence-electron chi connectivity index (χ0n) is 15.4. The topological polar surface area (TPSA) is 97.1 Å². The van der Waals surface area contributed by atoms with E-state index in [-0.39, 0.29) is 18.7 Å². The van der Waals surface area contributed by atoms with E-state index in [0.717, 1.165) is 16.6 Å². The van der Waals surface area contributed by atoms with E-state index in [9.17, 15) is 9.59 Å². The van der Waals surface area contributed by atoms with Gasteiger partial charge in [0.15, 0.2) is 0 Å². The summed E-state index contributed by atoms with van der Waals surface area (Å²) in [6.45, 7) is 4.66. The molecule has 0 aliphatic rings. The van der Waals surface area contributed by atoms with Gasteiger partial charge in [-0.3, -0.25) is 9.59 Å². The van der Waals surface area contributed by atoms with Crippen LogP contribution >= 0.6 is 0 Å². The van der Waals surface area contributed by atoms with Crippen LogP contribution in [0.3, 0.4) is 0 Å². The van der Waals surface area contributed by atoms with Gasteiger partial charge >= 0.3 is 5.97 Å². The van der Waals surface area contributed by atoms with E-state index < -0.39 is 5.97 Å². The van der Waals surface area contributed by atoms with Gasteiger partial charge in [0.25, 0.3) is 0 Å². The Morgan fingerprint density at radius 3 is 2.67 bits per heavy atom. The molecule has 0 saturated carbocycles. The molecule has 7 nitrogen and oxygen atoms in total. The number of fused-ring (bicyclic) bond motifs is 1. The second kappa shape index (κ2) is 7.99. The fraction of sp³-hybridized carbons (Fsp3) is 0.300. The number of carbonyl (C=O) groups excluding carboxylic acids is 1. The number of carboxylic acid groups (broad SMARTS) is 1. The lowest BCUT2D eigenvalue weighted by atomic mass is 10.1. The summed E-state index contributed by atoms with van der Waals surface area (Å²) in [5.74, 6) is -1.08. The Labute approximate surface area is 157 Å². The first-order valence-corrected chi connectivity index (χ1v) is 8.83. The molecule has 0 atom stereocenters. The number of hydrogen-bond acceptors (Lipinski definition) is 4. The summed E-state index contributed by atoms with van der Waals surface area (Å²) < 4.78 is 1.84. The summed E-state index contributed by atoms with van der Waals surface area (Å²) in [7, 11) is 0. The van der Waals surface area contributed by atoms with Crippen LogP contribution in [0.15, 0.2) is 36.4 Å². The first-order valence-electron chi connectivity index (χ1n) is 8.83. The first kappa shape index (κ1) is 18.6.